The molecule has 1 aliphatic heterocycles. The van der Waals surface area contributed by atoms with E-state index >= 15 is 0 Å². The Bertz CT molecular complexity index is 518. The zero-order valence-corrected chi connectivity index (χ0v) is 15.6. The van der Waals surface area contributed by atoms with Crippen LogP contribution in [0.3, 0.4) is 0 Å². The molecule has 0 amide bonds. The van der Waals surface area contributed by atoms with Gasteiger partial charge in [-0.1, -0.05) is 82.5 Å². The minimum Gasteiger partial charge on any atom is -0.479 e. The highest BCUT2D eigenvalue weighted by Crippen LogP contribution is 2.25. The number of hydrogen-bond donors (Lipinski definition) is 0. The number of benzene rings is 1. The van der Waals surface area contributed by atoms with Crippen molar-refractivity contribution in [3.63, 3.8) is 0 Å². The number of unbranched alkanes of at least 4 members (excludes halogenated alkanes) is 4. The Morgan fingerprint density at radius 3 is 2.62 bits per heavy atom. The fraction of sp³-hybridized carbons (Fsp3) is 0.591. The van der Waals surface area contributed by atoms with Crippen LogP contribution in [0.2, 0.25) is 0 Å². The molecule has 0 unspecified atom stereocenters. The minimum atomic E-state index is 0.328. The third kappa shape index (κ3) is 6.14. The third-order valence-electron chi connectivity index (χ3n) is 4.72. The highest BCUT2D eigenvalue weighted by Gasteiger charge is 2.23. The molecule has 2 rings (SSSR count). The van der Waals surface area contributed by atoms with E-state index in [4.69, 9.17) is 9.73 Å². The molecule has 2 atom stereocenters. The SMILES string of the molecule is CCCCCC/C=C/[C@H](CC1=N[C@@H](C(C)C)CO1)c1ccccc1. The molecule has 2 nitrogen and oxygen atoms in total. The van der Waals surface area contributed by atoms with Crippen molar-refractivity contribution in [1.82, 2.24) is 0 Å². The molecule has 1 aromatic carbocycles. The van der Waals surface area contributed by atoms with Crippen LogP contribution < -0.4 is 0 Å². The number of rotatable bonds is 10. The van der Waals surface area contributed by atoms with Gasteiger partial charge < -0.3 is 4.74 Å². The molecule has 24 heavy (non-hydrogen) atoms. The molecular weight excluding hydrogens is 294 g/mol. The zero-order chi connectivity index (χ0) is 17.2. The molecule has 0 radical (unpaired) electrons. The minimum absolute atomic E-state index is 0.328. The lowest BCUT2D eigenvalue weighted by Gasteiger charge is -2.13. The molecule has 1 aliphatic rings. The molecule has 2 heteroatoms. The Morgan fingerprint density at radius 2 is 1.96 bits per heavy atom. The van der Waals surface area contributed by atoms with Crippen molar-refractivity contribution in [3.05, 3.63) is 48.0 Å². The third-order valence-corrected chi connectivity index (χ3v) is 4.72. The van der Waals surface area contributed by atoms with Crippen LogP contribution in [-0.2, 0) is 4.74 Å². The van der Waals surface area contributed by atoms with Gasteiger partial charge in [-0.2, -0.15) is 0 Å². The lowest BCUT2D eigenvalue weighted by molar-refractivity contribution is 0.285. The highest BCUT2D eigenvalue weighted by molar-refractivity contribution is 5.79. The Balaban J connectivity index is 1.96. The predicted molar refractivity (Wildman–Crippen MR) is 104 cm³/mol. The van der Waals surface area contributed by atoms with E-state index in [1.54, 1.807) is 0 Å². The second kappa shape index (κ2) is 10.3. The van der Waals surface area contributed by atoms with Crippen LogP contribution in [0.5, 0.6) is 0 Å². The van der Waals surface area contributed by atoms with E-state index in [1.807, 2.05) is 0 Å². The summed E-state index contributed by atoms with van der Waals surface area (Å²) in [7, 11) is 0. The Kier molecular flexibility index (Phi) is 8.07. The van der Waals surface area contributed by atoms with Gasteiger partial charge in [0.15, 0.2) is 5.90 Å². The summed E-state index contributed by atoms with van der Waals surface area (Å²) in [5, 5.41) is 0. The molecule has 1 heterocycles. The van der Waals surface area contributed by atoms with Crippen molar-refractivity contribution in [2.75, 3.05) is 6.61 Å². The molecule has 0 aliphatic carbocycles. The fourth-order valence-electron chi connectivity index (χ4n) is 3.03. The Hall–Kier alpha value is -1.57. The summed E-state index contributed by atoms with van der Waals surface area (Å²) in [6.07, 6.45) is 12.0. The molecule has 0 fully saturated rings. The van der Waals surface area contributed by atoms with E-state index in [9.17, 15) is 0 Å². The van der Waals surface area contributed by atoms with Gasteiger partial charge in [-0.25, -0.2) is 4.99 Å². The lowest BCUT2D eigenvalue weighted by atomic mass is 9.94. The summed E-state index contributed by atoms with van der Waals surface area (Å²) in [5.74, 6) is 1.84. The van der Waals surface area contributed by atoms with Gasteiger partial charge in [-0.05, 0) is 24.3 Å². The van der Waals surface area contributed by atoms with Crippen molar-refractivity contribution in [2.45, 2.75) is 71.3 Å². The van der Waals surface area contributed by atoms with Crippen LogP contribution in [0.4, 0.5) is 0 Å². The zero-order valence-electron chi connectivity index (χ0n) is 15.6. The number of aliphatic imine (C=N–C) groups is 1. The standard InChI is InChI=1S/C22H33NO/c1-4-5-6-7-8-10-15-20(19-13-11-9-12-14-19)16-22-23-21(17-24-22)18(2)3/h9-15,18,20-21H,4-8,16-17H2,1-3H3/b15-10+/t20-,21-/m1/s1. The van der Waals surface area contributed by atoms with Crippen molar-refractivity contribution in [3.8, 4) is 0 Å². The molecule has 132 valence electrons. The number of allylic oxidation sites excluding steroid dienone is 2. The average Bonchev–Trinajstić information content (AvgIpc) is 3.06. The van der Waals surface area contributed by atoms with Gasteiger partial charge in [0.2, 0.25) is 0 Å². The molecule has 0 aromatic heterocycles. The molecular formula is C22H33NO. The van der Waals surface area contributed by atoms with Crippen LogP contribution in [0, 0.1) is 5.92 Å². The van der Waals surface area contributed by atoms with E-state index in [0.717, 1.165) is 18.9 Å². The second-order valence-electron chi connectivity index (χ2n) is 7.14. The van der Waals surface area contributed by atoms with Crippen molar-refractivity contribution in [2.24, 2.45) is 10.9 Å². The summed E-state index contributed by atoms with van der Waals surface area (Å²) in [4.78, 5) is 4.78. The molecule has 0 bridgehead atoms. The van der Waals surface area contributed by atoms with E-state index in [-0.39, 0.29) is 0 Å². The summed E-state index contributed by atoms with van der Waals surface area (Å²) in [5.41, 5.74) is 1.35. The number of nitrogens with zero attached hydrogens (tertiary/aromatic N) is 1. The first-order valence-corrected chi connectivity index (χ1v) is 9.61. The topological polar surface area (TPSA) is 21.6 Å². The summed E-state index contributed by atoms with van der Waals surface area (Å²) < 4.78 is 5.85. The molecule has 1 aromatic rings. The lowest BCUT2D eigenvalue weighted by Crippen LogP contribution is -2.13. The maximum Gasteiger partial charge on any atom is 0.184 e. The normalized spacial score (nSPS) is 18.8. The van der Waals surface area contributed by atoms with Crippen LogP contribution in [-0.4, -0.2) is 18.5 Å². The highest BCUT2D eigenvalue weighted by atomic mass is 16.5. The van der Waals surface area contributed by atoms with Crippen LogP contribution in [0.25, 0.3) is 0 Å². The molecule has 0 N–H and O–H groups in total. The summed E-state index contributed by atoms with van der Waals surface area (Å²) in [6, 6.07) is 11.1. The van der Waals surface area contributed by atoms with E-state index in [0.29, 0.717) is 17.9 Å². The van der Waals surface area contributed by atoms with Crippen LogP contribution >= 0.6 is 0 Å². The van der Waals surface area contributed by atoms with E-state index < -0.39 is 0 Å². The average molecular weight is 328 g/mol. The van der Waals surface area contributed by atoms with Gasteiger partial charge in [-0.3, -0.25) is 0 Å². The fourth-order valence-corrected chi connectivity index (χ4v) is 3.03. The molecule has 0 saturated heterocycles. The van der Waals surface area contributed by atoms with Crippen molar-refractivity contribution < 1.29 is 4.74 Å². The first kappa shape index (κ1) is 18.8. The molecule has 0 saturated carbocycles. The van der Waals surface area contributed by atoms with Gasteiger partial charge in [0.25, 0.3) is 0 Å². The number of hydrogen-bond acceptors (Lipinski definition) is 2. The Labute approximate surface area is 148 Å². The van der Waals surface area contributed by atoms with Crippen LogP contribution in [0.1, 0.15) is 70.8 Å². The molecule has 0 spiro atoms. The predicted octanol–water partition coefficient (Wildman–Crippen LogP) is 6.14. The Morgan fingerprint density at radius 1 is 1.17 bits per heavy atom. The largest absolute Gasteiger partial charge is 0.479 e. The monoisotopic (exact) mass is 327 g/mol. The van der Waals surface area contributed by atoms with Gasteiger partial charge >= 0.3 is 0 Å². The van der Waals surface area contributed by atoms with Gasteiger partial charge in [0.1, 0.15) is 6.61 Å². The van der Waals surface area contributed by atoms with E-state index in [1.165, 1.54) is 37.7 Å². The van der Waals surface area contributed by atoms with Gasteiger partial charge in [0.05, 0.1) is 6.04 Å². The van der Waals surface area contributed by atoms with E-state index in [2.05, 4.69) is 63.3 Å². The van der Waals surface area contributed by atoms with Crippen molar-refractivity contribution >= 4 is 5.90 Å². The smallest absolute Gasteiger partial charge is 0.184 e. The van der Waals surface area contributed by atoms with Crippen LogP contribution in [0.15, 0.2) is 47.5 Å². The van der Waals surface area contributed by atoms with Gasteiger partial charge in [-0.15, -0.1) is 0 Å². The second-order valence-corrected chi connectivity index (χ2v) is 7.14. The van der Waals surface area contributed by atoms with Gasteiger partial charge in [0, 0.05) is 12.3 Å². The first-order valence-electron chi connectivity index (χ1n) is 9.61. The first-order chi connectivity index (χ1) is 11.7. The summed E-state index contributed by atoms with van der Waals surface area (Å²) in [6.45, 7) is 7.43. The summed E-state index contributed by atoms with van der Waals surface area (Å²) >= 11 is 0. The maximum atomic E-state index is 5.85. The van der Waals surface area contributed by atoms with Crippen molar-refractivity contribution in [1.29, 1.82) is 0 Å². The quantitative estimate of drug-likeness (QED) is 0.373. The maximum absolute atomic E-state index is 5.85. The number of ether oxygens (including phenoxy) is 1.